The third kappa shape index (κ3) is 8.10. The molecule has 1 atom stereocenters. The molecule has 0 unspecified atom stereocenters. The summed E-state index contributed by atoms with van der Waals surface area (Å²) in [5.41, 5.74) is 5.97. The number of amides is 2. The average Bonchev–Trinajstić information content (AvgIpc) is 3.99. The molecule has 17 heteroatoms. The maximum atomic E-state index is 13.5. The molecule has 0 bridgehead atoms. The molecule has 1 N–H and O–H groups in total. The van der Waals surface area contributed by atoms with Crippen LogP contribution in [0.3, 0.4) is 0 Å². The monoisotopic (exact) mass is 855 g/mol. The summed E-state index contributed by atoms with van der Waals surface area (Å²) < 4.78 is 13.8. The fourth-order valence-corrected chi connectivity index (χ4v) is 9.63. The molecule has 1 saturated carbocycles. The van der Waals surface area contributed by atoms with E-state index in [9.17, 15) is 9.59 Å². The molecule has 2 fully saturated rings. The highest BCUT2D eigenvalue weighted by molar-refractivity contribution is 7.15. The molecule has 6 heterocycles. The first-order chi connectivity index (χ1) is 29.6. The minimum Gasteiger partial charge on any atom is -0.490 e. The summed E-state index contributed by atoms with van der Waals surface area (Å²) >= 11 is 7.87. The van der Waals surface area contributed by atoms with Gasteiger partial charge in [0.1, 0.15) is 34.9 Å². The number of ether oxygens (including phenoxy) is 1. The third-order valence-electron chi connectivity index (χ3n) is 11.7. The number of hydrogen-bond donors (Lipinski definition) is 1. The fourth-order valence-electron chi connectivity index (χ4n) is 8.21. The number of benzene rings is 2. The standard InChI is InChI=1S/C44H42ClN11O4S/c1-25-26(2)61-44-39(25)40(49-37(23-38-47-16-21-59-38)41-53-50-27(3)56(41)44)28-4-9-31(10-5-28)54-17-19-55(20-18-54)43(58)36-15-14-35(51-52-36)42(57)48-30-7-12-32(13-8-30)60-33-11-6-29(24-46)34(45)22-33/h4-6,9-11,14-16,21-22,30,32,37H,7-8,12-13,17-20,23H2,1-3H3,(H,48,57)/t30?,32?,37-/m1/s1. The number of rotatable bonds is 9. The number of carbonyl (C=O) groups excluding carboxylic acids is 2. The normalized spacial score (nSPS) is 18.7. The number of aryl methyl sites for hydroxylation is 2. The van der Waals surface area contributed by atoms with Crippen LogP contribution in [-0.2, 0) is 6.42 Å². The van der Waals surface area contributed by atoms with Gasteiger partial charge in [-0.25, -0.2) is 4.98 Å². The molecule has 4 aromatic heterocycles. The summed E-state index contributed by atoms with van der Waals surface area (Å²) in [4.78, 5) is 41.5. The smallest absolute Gasteiger partial charge is 0.274 e. The van der Waals surface area contributed by atoms with E-state index < -0.39 is 0 Å². The van der Waals surface area contributed by atoms with Gasteiger partial charge < -0.3 is 24.3 Å². The van der Waals surface area contributed by atoms with Gasteiger partial charge in [0.25, 0.3) is 11.8 Å². The lowest BCUT2D eigenvalue weighted by atomic mass is 9.93. The lowest BCUT2D eigenvalue weighted by Gasteiger charge is -2.36. The van der Waals surface area contributed by atoms with Gasteiger partial charge in [0.15, 0.2) is 23.1 Å². The number of aliphatic imine (C=N–C) groups is 1. The van der Waals surface area contributed by atoms with Gasteiger partial charge in [-0.15, -0.1) is 31.7 Å². The van der Waals surface area contributed by atoms with Crippen LogP contribution >= 0.6 is 22.9 Å². The first kappa shape index (κ1) is 40.0. The molecule has 1 saturated heterocycles. The lowest BCUT2D eigenvalue weighted by molar-refractivity contribution is 0.0738. The Balaban J connectivity index is 0.803. The second-order valence-electron chi connectivity index (χ2n) is 15.5. The SMILES string of the molecule is Cc1sc2c(c1C)C(c1ccc(N3CCN(C(=O)c4ccc(C(=O)NC5CCC(Oc6ccc(C#N)c(Cl)c6)CC5)nn4)CC3)cc1)=N[C@H](Cc1ncco1)c1nnc(C)n1-2. The number of piperazine rings is 1. The van der Waals surface area contributed by atoms with Crippen LogP contribution in [0.4, 0.5) is 5.69 Å². The Bertz CT molecular complexity index is 2650. The lowest BCUT2D eigenvalue weighted by Crippen LogP contribution is -2.49. The zero-order valence-electron chi connectivity index (χ0n) is 33.8. The summed E-state index contributed by atoms with van der Waals surface area (Å²) in [5, 5.41) is 30.9. The number of thiophene rings is 1. The predicted octanol–water partition coefficient (Wildman–Crippen LogP) is 6.77. The van der Waals surface area contributed by atoms with E-state index in [1.165, 1.54) is 10.4 Å². The Morgan fingerprint density at radius 1 is 0.951 bits per heavy atom. The van der Waals surface area contributed by atoms with E-state index in [1.54, 1.807) is 59.0 Å². The van der Waals surface area contributed by atoms with Crippen LogP contribution in [0.15, 0.2) is 76.5 Å². The van der Waals surface area contributed by atoms with Crippen LogP contribution in [0.1, 0.15) is 97.4 Å². The molecular weight excluding hydrogens is 814 g/mol. The summed E-state index contributed by atoms with van der Waals surface area (Å²) in [6.45, 7) is 8.56. The summed E-state index contributed by atoms with van der Waals surface area (Å²) in [5.74, 6) is 2.23. The molecule has 2 amide bonds. The second kappa shape index (κ2) is 16.9. The van der Waals surface area contributed by atoms with Crippen molar-refractivity contribution in [3.8, 4) is 16.8 Å². The zero-order valence-corrected chi connectivity index (χ0v) is 35.4. The van der Waals surface area contributed by atoms with Crippen LogP contribution in [0.2, 0.25) is 5.02 Å². The minimum absolute atomic E-state index is 0.0124. The first-order valence-electron chi connectivity index (χ1n) is 20.3. The Kier molecular flexibility index (Phi) is 11.1. The molecular formula is C44H42ClN11O4S. The van der Waals surface area contributed by atoms with Crippen LogP contribution < -0.4 is 15.0 Å². The molecule has 1 aliphatic carbocycles. The third-order valence-corrected chi connectivity index (χ3v) is 13.2. The van der Waals surface area contributed by atoms with E-state index in [1.807, 2.05) is 13.0 Å². The average molecular weight is 856 g/mol. The number of nitrogens with one attached hydrogen (secondary N) is 1. The van der Waals surface area contributed by atoms with E-state index in [2.05, 4.69) is 78.3 Å². The van der Waals surface area contributed by atoms with Crippen molar-refractivity contribution in [1.29, 1.82) is 5.26 Å². The first-order valence-corrected chi connectivity index (χ1v) is 21.5. The van der Waals surface area contributed by atoms with E-state index >= 15 is 0 Å². The van der Waals surface area contributed by atoms with Gasteiger partial charge in [-0.1, -0.05) is 23.7 Å². The highest BCUT2D eigenvalue weighted by Gasteiger charge is 2.33. The van der Waals surface area contributed by atoms with Gasteiger partial charge in [0, 0.05) is 60.0 Å². The Hall–Kier alpha value is -6.44. The van der Waals surface area contributed by atoms with Crippen LogP contribution in [0, 0.1) is 32.1 Å². The second-order valence-corrected chi connectivity index (χ2v) is 17.1. The highest BCUT2D eigenvalue weighted by atomic mass is 35.5. The molecule has 0 spiro atoms. The Morgan fingerprint density at radius 2 is 1.70 bits per heavy atom. The van der Waals surface area contributed by atoms with Crippen molar-refractivity contribution in [1.82, 2.24) is 40.2 Å². The number of nitrogens with zero attached hydrogens (tertiary/aromatic N) is 10. The Labute approximate surface area is 361 Å². The number of nitriles is 1. The van der Waals surface area contributed by atoms with Crippen LogP contribution in [0.5, 0.6) is 5.75 Å². The van der Waals surface area contributed by atoms with E-state index in [0.29, 0.717) is 54.8 Å². The van der Waals surface area contributed by atoms with Gasteiger partial charge >= 0.3 is 0 Å². The minimum atomic E-state index is -0.349. The number of halogens is 1. The number of carbonyl (C=O) groups is 2. The summed E-state index contributed by atoms with van der Waals surface area (Å²) in [7, 11) is 0. The number of hydrogen-bond acceptors (Lipinski definition) is 13. The number of fused-ring (bicyclic) bond motifs is 3. The molecule has 310 valence electrons. The van der Waals surface area contributed by atoms with Crippen molar-refractivity contribution in [3.63, 3.8) is 0 Å². The maximum absolute atomic E-state index is 13.5. The number of anilines is 1. The van der Waals surface area contributed by atoms with Crippen molar-refractivity contribution in [2.75, 3.05) is 31.1 Å². The molecule has 6 aromatic rings. The fraction of sp³-hybridized carbons (Fsp3) is 0.341. The van der Waals surface area contributed by atoms with E-state index in [-0.39, 0.29) is 41.4 Å². The number of oxazole rings is 1. The quantitative estimate of drug-likeness (QED) is 0.162. The van der Waals surface area contributed by atoms with Crippen molar-refractivity contribution < 1.29 is 18.7 Å². The highest BCUT2D eigenvalue weighted by Crippen LogP contribution is 2.40. The topological polar surface area (TPSA) is 181 Å². The molecule has 9 rings (SSSR count). The summed E-state index contributed by atoms with van der Waals surface area (Å²) in [6.07, 6.45) is 6.64. The molecule has 3 aliphatic rings. The van der Waals surface area contributed by atoms with Crippen molar-refractivity contribution in [3.05, 3.63) is 128 Å². The van der Waals surface area contributed by atoms with E-state index in [4.69, 9.17) is 31.0 Å². The molecule has 61 heavy (non-hydrogen) atoms. The van der Waals surface area contributed by atoms with E-state index in [0.717, 1.165) is 64.9 Å². The molecule has 0 radical (unpaired) electrons. The predicted molar refractivity (Wildman–Crippen MR) is 229 cm³/mol. The van der Waals surface area contributed by atoms with Crippen LogP contribution in [-0.4, -0.2) is 90.7 Å². The van der Waals surface area contributed by atoms with Gasteiger partial charge in [-0.05, 0) is 88.4 Å². The van der Waals surface area contributed by atoms with Crippen molar-refractivity contribution in [2.45, 2.75) is 71.1 Å². The van der Waals surface area contributed by atoms with Gasteiger partial charge in [0.2, 0.25) is 0 Å². The van der Waals surface area contributed by atoms with Crippen molar-refractivity contribution in [2.24, 2.45) is 4.99 Å². The molecule has 2 aromatic carbocycles. The van der Waals surface area contributed by atoms with Crippen LogP contribution in [0.25, 0.3) is 5.00 Å². The molecule has 2 aliphatic heterocycles. The van der Waals surface area contributed by atoms with Gasteiger partial charge in [-0.3, -0.25) is 19.1 Å². The Morgan fingerprint density at radius 3 is 2.39 bits per heavy atom. The largest absolute Gasteiger partial charge is 0.490 e. The van der Waals surface area contributed by atoms with Gasteiger partial charge in [0.05, 0.1) is 35.0 Å². The summed E-state index contributed by atoms with van der Waals surface area (Å²) in [6, 6.07) is 18.3. The number of aromatic nitrogens is 6. The van der Waals surface area contributed by atoms with Crippen molar-refractivity contribution >= 4 is 46.2 Å². The zero-order chi connectivity index (χ0) is 42.2. The van der Waals surface area contributed by atoms with Gasteiger partial charge in [-0.2, -0.15) is 5.26 Å². The molecule has 15 nitrogen and oxygen atoms in total. The maximum Gasteiger partial charge on any atom is 0.274 e.